The minimum Gasteiger partial charge on any atom is -0.434 e. The van der Waals surface area contributed by atoms with E-state index in [0.29, 0.717) is 17.9 Å². The summed E-state index contributed by atoms with van der Waals surface area (Å²) in [7, 11) is 0. The summed E-state index contributed by atoms with van der Waals surface area (Å²) in [5.41, 5.74) is 3.11. The van der Waals surface area contributed by atoms with Gasteiger partial charge >= 0.3 is 6.61 Å². The maximum atomic E-state index is 12.5. The summed E-state index contributed by atoms with van der Waals surface area (Å²) in [6.45, 7) is -0.230. The Morgan fingerprint density at radius 2 is 2.15 bits per heavy atom. The number of nitrogens with zero attached hydrogens (tertiary/aromatic N) is 2. The average Bonchev–Trinajstić information content (AvgIpc) is 2.89. The molecule has 1 heterocycles. The minimum absolute atomic E-state index is 0.0797. The third-order valence-electron chi connectivity index (χ3n) is 2.96. The zero-order valence-corrected chi connectivity index (χ0v) is 11.0. The van der Waals surface area contributed by atoms with Crippen LogP contribution in [0.3, 0.4) is 0 Å². The van der Waals surface area contributed by atoms with Crippen molar-refractivity contribution in [2.75, 3.05) is 0 Å². The second-order valence-corrected chi connectivity index (χ2v) is 4.09. The van der Waals surface area contributed by atoms with Crippen molar-refractivity contribution in [1.82, 2.24) is 15.0 Å². The number of hydrogen-bond donors (Lipinski definition) is 2. The minimum atomic E-state index is -2.89. The number of rotatable bonds is 6. The summed E-state index contributed by atoms with van der Waals surface area (Å²) >= 11 is 0. The molecule has 0 bridgehead atoms. The molecule has 0 aliphatic heterocycles. The van der Waals surface area contributed by atoms with Gasteiger partial charge in [-0.05, 0) is 13.0 Å². The van der Waals surface area contributed by atoms with E-state index in [2.05, 4.69) is 15.1 Å². The summed E-state index contributed by atoms with van der Waals surface area (Å²) in [5.74, 6) is 6.29. The number of nitrogens with two attached hydrogens (primary N) is 1. The van der Waals surface area contributed by atoms with Crippen molar-refractivity contribution in [3.63, 3.8) is 0 Å². The highest BCUT2D eigenvalue weighted by atomic mass is 19.3. The van der Waals surface area contributed by atoms with E-state index in [9.17, 15) is 8.78 Å². The standard InChI is InChI=1S/C13H16F2N4O/c1-2-19-8-7-17-12(19)11(18-16)9-5-3-4-6-10(9)20-13(14)15/h3-8,11,13,18H,2,16H2,1H3. The highest BCUT2D eigenvalue weighted by Gasteiger charge is 2.22. The van der Waals surface area contributed by atoms with Crippen LogP contribution in [-0.2, 0) is 6.54 Å². The van der Waals surface area contributed by atoms with E-state index in [-0.39, 0.29) is 5.75 Å². The molecule has 0 saturated heterocycles. The SMILES string of the molecule is CCn1ccnc1C(NN)c1ccccc1OC(F)F. The topological polar surface area (TPSA) is 65.1 Å². The summed E-state index contributed by atoms with van der Waals surface area (Å²) in [4.78, 5) is 4.23. The lowest BCUT2D eigenvalue weighted by atomic mass is 10.1. The molecule has 2 aromatic rings. The molecular weight excluding hydrogens is 266 g/mol. The molecule has 20 heavy (non-hydrogen) atoms. The summed E-state index contributed by atoms with van der Waals surface area (Å²) in [6, 6.07) is 5.99. The van der Waals surface area contributed by atoms with Crippen molar-refractivity contribution in [3.05, 3.63) is 48.0 Å². The third kappa shape index (κ3) is 2.94. The number of imidazole rings is 1. The first-order chi connectivity index (χ1) is 9.67. The molecule has 0 spiro atoms. The number of aromatic nitrogens is 2. The van der Waals surface area contributed by atoms with Crippen LogP contribution < -0.4 is 16.0 Å². The Morgan fingerprint density at radius 1 is 1.40 bits per heavy atom. The molecule has 1 aromatic carbocycles. The number of hydrogen-bond acceptors (Lipinski definition) is 4. The lowest BCUT2D eigenvalue weighted by Gasteiger charge is -2.20. The zero-order chi connectivity index (χ0) is 14.5. The van der Waals surface area contributed by atoms with Crippen molar-refractivity contribution in [2.45, 2.75) is 26.1 Å². The summed E-state index contributed by atoms with van der Waals surface area (Å²) in [5, 5.41) is 0. The molecule has 1 aromatic heterocycles. The Labute approximate surface area is 115 Å². The first kappa shape index (κ1) is 14.4. The van der Waals surface area contributed by atoms with E-state index in [1.165, 1.54) is 6.07 Å². The van der Waals surface area contributed by atoms with Crippen LogP contribution in [0.1, 0.15) is 24.4 Å². The molecule has 7 heteroatoms. The van der Waals surface area contributed by atoms with Gasteiger partial charge in [-0.2, -0.15) is 8.78 Å². The average molecular weight is 282 g/mol. The van der Waals surface area contributed by atoms with Crippen LogP contribution in [0.2, 0.25) is 0 Å². The lowest BCUT2D eigenvalue weighted by Crippen LogP contribution is -2.31. The first-order valence-electron chi connectivity index (χ1n) is 6.18. The zero-order valence-electron chi connectivity index (χ0n) is 11.0. The second kappa shape index (κ2) is 6.44. The van der Waals surface area contributed by atoms with Gasteiger partial charge in [0.15, 0.2) is 0 Å². The van der Waals surface area contributed by atoms with Crippen molar-refractivity contribution in [3.8, 4) is 5.75 Å². The van der Waals surface area contributed by atoms with Gasteiger partial charge in [-0.25, -0.2) is 10.4 Å². The fourth-order valence-corrected chi connectivity index (χ4v) is 2.07. The molecule has 0 saturated carbocycles. The molecule has 0 aliphatic carbocycles. The van der Waals surface area contributed by atoms with Crippen LogP contribution in [-0.4, -0.2) is 16.2 Å². The number of halogens is 2. The first-order valence-corrected chi connectivity index (χ1v) is 6.18. The third-order valence-corrected chi connectivity index (χ3v) is 2.96. The predicted octanol–water partition coefficient (Wildman–Crippen LogP) is 2.06. The van der Waals surface area contributed by atoms with Gasteiger partial charge in [0.25, 0.3) is 0 Å². The quantitative estimate of drug-likeness (QED) is 0.628. The maximum absolute atomic E-state index is 12.5. The van der Waals surface area contributed by atoms with E-state index in [1.807, 2.05) is 11.5 Å². The van der Waals surface area contributed by atoms with E-state index >= 15 is 0 Å². The summed E-state index contributed by atoms with van der Waals surface area (Å²) < 4.78 is 31.3. The van der Waals surface area contributed by atoms with E-state index in [4.69, 9.17) is 5.84 Å². The van der Waals surface area contributed by atoms with E-state index in [0.717, 1.165) is 0 Å². The monoisotopic (exact) mass is 282 g/mol. The Hall–Kier alpha value is -1.99. The molecule has 0 amide bonds. The smallest absolute Gasteiger partial charge is 0.387 e. The van der Waals surface area contributed by atoms with Crippen LogP contribution in [0.15, 0.2) is 36.7 Å². The van der Waals surface area contributed by atoms with Crippen LogP contribution in [0, 0.1) is 0 Å². The fourth-order valence-electron chi connectivity index (χ4n) is 2.07. The van der Waals surface area contributed by atoms with Gasteiger partial charge in [0, 0.05) is 24.5 Å². The maximum Gasteiger partial charge on any atom is 0.387 e. The van der Waals surface area contributed by atoms with Gasteiger partial charge < -0.3 is 9.30 Å². The van der Waals surface area contributed by atoms with Gasteiger partial charge in [-0.15, -0.1) is 0 Å². The van der Waals surface area contributed by atoms with Crippen molar-refractivity contribution < 1.29 is 13.5 Å². The number of alkyl halides is 2. The molecule has 0 fully saturated rings. The fraction of sp³-hybridized carbons (Fsp3) is 0.308. The molecule has 0 aliphatic rings. The van der Waals surface area contributed by atoms with Crippen LogP contribution >= 0.6 is 0 Å². The summed E-state index contributed by atoms with van der Waals surface area (Å²) in [6.07, 6.45) is 3.44. The Balaban J connectivity index is 2.42. The number of benzene rings is 1. The van der Waals surface area contributed by atoms with Gasteiger partial charge in [-0.3, -0.25) is 5.84 Å². The molecule has 108 valence electrons. The molecule has 5 nitrogen and oxygen atoms in total. The van der Waals surface area contributed by atoms with Crippen LogP contribution in [0.4, 0.5) is 8.78 Å². The van der Waals surface area contributed by atoms with Crippen molar-refractivity contribution in [2.24, 2.45) is 5.84 Å². The van der Waals surface area contributed by atoms with Gasteiger partial charge in [-0.1, -0.05) is 18.2 Å². The Morgan fingerprint density at radius 3 is 2.80 bits per heavy atom. The largest absolute Gasteiger partial charge is 0.434 e. The van der Waals surface area contributed by atoms with Gasteiger partial charge in [0.2, 0.25) is 0 Å². The highest BCUT2D eigenvalue weighted by Crippen LogP contribution is 2.29. The number of ether oxygens (including phenoxy) is 1. The number of para-hydroxylation sites is 1. The van der Waals surface area contributed by atoms with Crippen LogP contribution in [0.25, 0.3) is 0 Å². The van der Waals surface area contributed by atoms with Crippen molar-refractivity contribution >= 4 is 0 Å². The molecule has 1 atom stereocenters. The molecule has 1 unspecified atom stereocenters. The normalized spacial score (nSPS) is 12.7. The number of hydrazine groups is 1. The van der Waals surface area contributed by atoms with Gasteiger partial charge in [0.1, 0.15) is 17.6 Å². The predicted molar refractivity (Wildman–Crippen MR) is 70.1 cm³/mol. The van der Waals surface area contributed by atoms with Crippen LogP contribution in [0.5, 0.6) is 5.75 Å². The molecule has 2 rings (SSSR count). The highest BCUT2D eigenvalue weighted by molar-refractivity contribution is 5.39. The molecular formula is C13H16F2N4O. The van der Waals surface area contributed by atoms with Gasteiger partial charge in [0.05, 0.1) is 0 Å². The van der Waals surface area contributed by atoms with E-state index < -0.39 is 12.7 Å². The second-order valence-electron chi connectivity index (χ2n) is 4.09. The number of aryl methyl sites for hydroxylation is 1. The molecule has 3 N–H and O–H groups in total. The Bertz CT molecular complexity index is 559. The van der Waals surface area contributed by atoms with Crippen molar-refractivity contribution in [1.29, 1.82) is 0 Å². The van der Waals surface area contributed by atoms with E-state index in [1.54, 1.807) is 30.6 Å². The lowest BCUT2D eigenvalue weighted by molar-refractivity contribution is -0.0506. The molecule has 0 radical (unpaired) electrons. The number of nitrogens with one attached hydrogen (secondary N) is 1. The Kier molecular flexibility index (Phi) is 4.65.